The predicted molar refractivity (Wildman–Crippen MR) is 64.5 cm³/mol. The van der Waals surface area contributed by atoms with Gasteiger partial charge >= 0.3 is 0 Å². The third kappa shape index (κ3) is 3.42. The van der Waals surface area contributed by atoms with Crippen molar-refractivity contribution in [2.45, 2.75) is 20.3 Å². The van der Waals surface area contributed by atoms with E-state index in [-0.39, 0.29) is 11.7 Å². The number of benzene rings is 1. The van der Waals surface area contributed by atoms with Crippen molar-refractivity contribution < 1.29 is 9.59 Å². The van der Waals surface area contributed by atoms with Gasteiger partial charge in [-0.05, 0) is 25.5 Å². The molecule has 88 valence electrons. The molecule has 0 saturated carbocycles. The molecule has 17 heavy (non-hydrogen) atoms. The fourth-order valence-corrected chi connectivity index (χ4v) is 1.38. The lowest BCUT2D eigenvalue weighted by Crippen LogP contribution is -2.21. The standard InChI is InChI=1S/C13H14N2O2/c1-3-10(8-14)13(17)15-12-6-4-5-11(7-12)9(2)16/h4-7,10H,3H2,1-2H3,(H,15,17). The van der Waals surface area contributed by atoms with Crippen molar-refractivity contribution in [3.63, 3.8) is 0 Å². The van der Waals surface area contributed by atoms with Crippen LogP contribution in [0.3, 0.4) is 0 Å². The molecular formula is C13H14N2O2. The minimum atomic E-state index is -0.656. The van der Waals surface area contributed by atoms with Gasteiger partial charge in [-0.15, -0.1) is 0 Å². The summed E-state index contributed by atoms with van der Waals surface area (Å²) in [6.07, 6.45) is 0.467. The lowest BCUT2D eigenvalue weighted by atomic mass is 10.1. The average molecular weight is 230 g/mol. The zero-order valence-corrected chi connectivity index (χ0v) is 9.86. The second-order valence-corrected chi connectivity index (χ2v) is 3.72. The molecule has 0 aromatic heterocycles. The maximum absolute atomic E-state index is 11.6. The van der Waals surface area contributed by atoms with E-state index in [2.05, 4.69) is 5.32 Å². The summed E-state index contributed by atoms with van der Waals surface area (Å²) >= 11 is 0. The molecule has 1 rings (SSSR count). The largest absolute Gasteiger partial charge is 0.325 e. The van der Waals surface area contributed by atoms with Gasteiger partial charge in [0, 0.05) is 11.3 Å². The van der Waals surface area contributed by atoms with Crippen molar-refractivity contribution in [2.75, 3.05) is 5.32 Å². The normalized spacial score (nSPS) is 11.4. The van der Waals surface area contributed by atoms with E-state index < -0.39 is 5.92 Å². The molecule has 1 aromatic rings. The number of nitriles is 1. The Hall–Kier alpha value is -2.15. The van der Waals surface area contributed by atoms with Crippen LogP contribution in [0.4, 0.5) is 5.69 Å². The van der Waals surface area contributed by atoms with Gasteiger partial charge in [0.1, 0.15) is 5.92 Å². The first-order chi connectivity index (χ1) is 8.08. The summed E-state index contributed by atoms with van der Waals surface area (Å²) < 4.78 is 0. The van der Waals surface area contributed by atoms with Crippen LogP contribution in [0, 0.1) is 17.2 Å². The lowest BCUT2D eigenvalue weighted by Gasteiger charge is -2.08. The molecule has 0 aliphatic rings. The van der Waals surface area contributed by atoms with Gasteiger partial charge in [-0.2, -0.15) is 5.26 Å². The molecule has 0 aliphatic carbocycles. The Kier molecular flexibility index (Phi) is 4.41. The summed E-state index contributed by atoms with van der Waals surface area (Å²) in [5.41, 5.74) is 1.07. The molecule has 4 heteroatoms. The van der Waals surface area contributed by atoms with Gasteiger partial charge in [-0.1, -0.05) is 19.1 Å². The fourth-order valence-electron chi connectivity index (χ4n) is 1.38. The molecule has 0 radical (unpaired) electrons. The highest BCUT2D eigenvalue weighted by Gasteiger charge is 2.15. The fraction of sp³-hybridized carbons (Fsp3) is 0.308. The van der Waals surface area contributed by atoms with Crippen LogP contribution in [-0.4, -0.2) is 11.7 Å². The molecule has 4 nitrogen and oxygen atoms in total. The number of carbonyl (C=O) groups excluding carboxylic acids is 2. The Labute approximate surface area is 100 Å². The molecule has 0 spiro atoms. The first-order valence-electron chi connectivity index (χ1n) is 5.40. The maximum Gasteiger partial charge on any atom is 0.241 e. The second-order valence-electron chi connectivity index (χ2n) is 3.72. The maximum atomic E-state index is 11.6. The molecular weight excluding hydrogens is 216 g/mol. The van der Waals surface area contributed by atoms with Gasteiger partial charge in [-0.3, -0.25) is 9.59 Å². The van der Waals surface area contributed by atoms with Gasteiger partial charge in [0.25, 0.3) is 0 Å². The Morgan fingerprint density at radius 1 is 1.47 bits per heavy atom. The molecule has 1 atom stereocenters. The van der Waals surface area contributed by atoms with Crippen LogP contribution in [-0.2, 0) is 4.79 Å². The summed E-state index contributed by atoms with van der Waals surface area (Å²) in [5.74, 6) is -1.06. The van der Waals surface area contributed by atoms with Gasteiger partial charge in [0.05, 0.1) is 6.07 Å². The van der Waals surface area contributed by atoms with Crippen molar-refractivity contribution in [3.05, 3.63) is 29.8 Å². The van der Waals surface area contributed by atoms with Crippen LogP contribution in [0.5, 0.6) is 0 Å². The third-order valence-electron chi connectivity index (χ3n) is 2.42. The minimum absolute atomic E-state index is 0.0616. The molecule has 0 bridgehead atoms. The quantitative estimate of drug-likeness (QED) is 0.807. The molecule has 0 aliphatic heterocycles. The zero-order chi connectivity index (χ0) is 12.8. The predicted octanol–water partition coefficient (Wildman–Crippen LogP) is 2.38. The Morgan fingerprint density at radius 3 is 2.71 bits per heavy atom. The summed E-state index contributed by atoms with van der Waals surface area (Å²) in [7, 11) is 0. The summed E-state index contributed by atoms with van der Waals surface area (Å²) in [4.78, 5) is 22.8. The number of carbonyl (C=O) groups is 2. The van der Waals surface area contributed by atoms with E-state index in [4.69, 9.17) is 5.26 Å². The van der Waals surface area contributed by atoms with Crippen molar-refractivity contribution in [1.29, 1.82) is 5.26 Å². The number of rotatable bonds is 4. The molecule has 1 N–H and O–H groups in total. The monoisotopic (exact) mass is 230 g/mol. The molecule has 0 fully saturated rings. The Morgan fingerprint density at radius 2 is 2.18 bits per heavy atom. The minimum Gasteiger partial charge on any atom is -0.325 e. The average Bonchev–Trinajstić information content (AvgIpc) is 2.30. The Balaban J connectivity index is 2.82. The smallest absolute Gasteiger partial charge is 0.241 e. The summed E-state index contributed by atoms with van der Waals surface area (Å²) in [6.45, 7) is 3.24. The SMILES string of the molecule is CCC(C#N)C(=O)Nc1cccc(C(C)=O)c1. The third-order valence-corrected chi connectivity index (χ3v) is 2.42. The number of anilines is 1. The number of Topliss-reactive ketones (excluding diaryl/α,β-unsaturated/α-hetero) is 1. The van der Waals surface area contributed by atoms with E-state index in [1.807, 2.05) is 6.07 Å². The van der Waals surface area contributed by atoms with Crippen LogP contribution in [0.1, 0.15) is 30.6 Å². The van der Waals surface area contributed by atoms with Crippen LogP contribution < -0.4 is 5.32 Å². The van der Waals surface area contributed by atoms with Crippen LogP contribution in [0.25, 0.3) is 0 Å². The van der Waals surface area contributed by atoms with E-state index in [1.165, 1.54) is 6.92 Å². The van der Waals surface area contributed by atoms with Crippen molar-refractivity contribution in [1.82, 2.24) is 0 Å². The van der Waals surface area contributed by atoms with Gasteiger partial charge in [0.15, 0.2) is 5.78 Å². The van der Waals surface area contributed by atoms with E-state index in [1.54, 1.807) is 31.2 Å². The molecule has 1 unspecified atom stereocenters. The summed E-state index contributed by atoms with van der Waals surface area (Å²) in [5, 5.41) is 11.4. The van der Waals surface area contributed by atoms with Crippen LogP contribution in [0.2, 0.25) is 0 Å². The van der Waals surface area contributed by atoms with E-state index in [9.17, 15) is 9.59 Å². The van der Waals surface area contributed by atoms with E-state index >= 15 is 0 Å². The highest BCUT2D eigenvalue weighted by atomic mass is 16.2. The number of amides is 1. The number of ketones is 1. The number of nitrogens with zero attached hydrogens (tertiary/aromatic N) is 1. The van der Waals surface area contributed by atoms with Gasteiger partial charge < -0.3 is 5.32 Å². The van der Waals surface area contributed by atoms with E-state index in [0.717, 1.165) is 0 Å². The second kappa shape index (κ2) is 5.80. The Bertz CT molecular complexity index is 475. The molecule has 1 aromatic carbocycles. The summed E-state index contributed by atoms with van der Waals surface area (Å²) in [6, 6.07) is 8.59. The first-order valence-corrected chi connectivity index (χ1v) is 5.40. The van der Waals surface area contributed by atoms with Crippen molar-refractivity contribution >= 4 is 17.4 Å². The highest BCUT2D eigenvalue weighted by molar-refractivity contribution is 5.98. The van der Waals surface area contributed by atoms with Gasteiger partial charge in [0.2, 0.25) is 5.91 Å². The molecule has 0 saturated heterocycles. The van der Waals surface area contributed by atoms with Crippen molar-refractivity contribution in [2.24, 2.45) is 5.92 Å². The topological polar surface area (TPSA) is 70.0 Å². The van der Waals surface area contributed by atoms with Crippen molar-refractivity contribution in [3.8, 4) is 6.07 Å². The van der Waals surface area contributed by atoms with Gasteiger partial charge in [-0.25, -0.2) is 0 Å². The zero-order valence-electron chi connectivity index (χ0n) is 9.86. The first kappa shape index (κ1) is 12.9. The molecule has 0 heterocycles. The lowest BCUT2D eigenvalue weighted by molar-refractivity contribution is -0.118. The number of hydrogen-bond acceptors (Lipinski definition) is 3. The highest BCUT2D eigenvalue weighted by Crippen LogP contribution is 2.13. The van der Waals surface area contributed by atoms with Crippen LogP contribution >= 0.6 is 0 Å². The molecule has 1 amide bonds. The van der Waals surface area contributed by atoms with E-state index in [0.29, 0.717) is 17.7 Å². The van der Waals surface area contributed by atoms with Crippen LogP contribution in [0.15, 0.2) is 24.3 Å². The number of hydrogen-bond donors (Lipinski definition) is 1. The number of nitrogens with one attached hydrogen (secondary N) is 1.